The molecule has 6 nitrogen and oxygen atoms in total. The maximum Gasteiger partial charge on any atom is 0.322 e. The molecule has 1 aromatic heterocycles. The number of carbonyl (C=O) groups is 1. The summed E-state index contributed by atoms with van der Waals surface area (Å²) >= 11 is 12.1. The number of piperidine rings is 1. The van der Waals surface area contributed by atoms with E-state index >= 15 is 0 Å². The Morgan fingerprint density at radius 1 is 1.00 bits per heavy atom. The Hall–Kier alpha value is -2.83. The van der Waals surface area contributed by atoms with Crippen molar-refractivity contribution in [3.63, 3.8) is 0 Å². The highest BCUT2D eigenvalue weighted by molar-refractivity contribution is 6.42. The molecule has 1 fully saturated rings. The molecule has 2 aromatic carbocycles. The summed E-state index contributed by atoms with van der Waals surface area (Å²) in [4.78, 5) is 27.2. The van der Waals surface area contributed by atoms with E-state index in [4.69, 9.17) is 33.2 Å². The van der Waals surface area contributed by atoms with E-state index in [0.717, 1.165) is 60.3 Å². The van der Waals surface area contributed by atoms with Crippen molar-refractivity contribution in [3.8, 4) is 11.4 Å². The predicted molar refractivity (Wildman–Crippen MR) is 138 cm³/mol. The van der Waals surface area contributed by atoms with Crippen LogP contribution in [0.2, 0.25) is 10.0 Å². The van der Waals surface area contributed by atoms with E-state index in [-0.39, 0.29) is 6.03 Å². The number of nitrogens with one attached hydrogen (secondary N) is 1. The predicted octanol–water partition coefficient (Wildman–Crippen LogP) is 6.28. The molecule has 0 saturated carbocycles. The molecule has 0 unspecified atom stereocenters. The van der Waals surface area contributed by atoms with Crippen LogP contribution in [0, 0.1) is 5.92 Å². The van der Waals surface area contributed by atoms with Crippen LogP contribution in [-0.2, 0) is 13.0 Å². The molecule has 0 spiro atoms. The highest BCUT2D eigenvalue weighted by Gasteiger charge is 2.29. The van der Waals surface area contributed by atoms with Crippen molar-refractivity contribution in [1.29, 1.82) is 0 Å². The molecule has 3 heterocycles. The summed E-state index contributed by atoms with van der Waals surface area (Å²) in [5, 5.41) is 3.81. The van der Waals surface area contributed by atoms with Gasteiger partial charge in [0, 0.05) is 42.9 Å². The molecule has 0 bridgehead atoms. The molecule has 0 radical (unpaired) electrons. The molecular weight excluding hydrogens is 469 g/mol. The van der Waals surface area contributed by atoms with Crippen LogP contribution in [0.5, 0.6) is 0 Å². The minimum Gasteiger partial charge on any atom is -0.356 e. The molecule has 2 aliphatic heterocycles. The number of nitrogens with zero attached hydrogens (tertiary/aromatic N) is 4. The number of amides is 2. The van der Waals surface area contributed by atoms with Gasteiger partial charge >= 0.3 is 6.03 Å². The van der Waals surface area contributed by atoms with Crippen molar-refractivity contribution in [2.24, 2.45) is 5.92 Å². The third kappa shape index (κ3) is 4.84. The van der Waals surface area contributed by atoms with Gasteiger partial charge in [0.1, 0.15) is 5.82 Å². The van der Waals surface area contributed by atoms with Crippen LogP contribution in [0.25, 0.3) is 11.4 Å². The maximum absolute atomic E-state index is 13.1. The maximum atomic E-state index is 13.1. The van der Waals surface area contributed by atoms with Gasteiger partial charge in [0.2, 0.25) is 0 Å². The Balaban J connectivity index is 1.44. The normalized spacial score (nSPS) is 16.3. The van der Waals surface area contributed by atoms with Crippen LogP contribution in [-0.4, -0.2) is 40.5 Å². The molecule has 5 rings (SSSR count). The van der Waals surface area contributed by atoms with Gasteiger partial charge in [-0.1, -0.05) is 60.5 Å². The fourth-order valence-electron chi connectivity index (χ4n) is 4.54. The van der Waals surface area contributed by atoms with E-state index in [9.17, 15) is 4.79 Å². The van der Waals surface area contributed by atoms with E-state index in [2.05, 4.69) is 17.1 Å². The number of urea groups is 1. The number of benzene rings is 2. The minimum atomic E-state index is -0.172. The Morgan fingerprint density at radius 2 is 1.76 bits per heavy atom. The average Bonchev–Trinajstić information content (AvgIpc) is 2.86. The molecule has 8 heteroatoms. The van der Waals surface area contributed by atoms with Gasteiger partial charge in [0.15, 0.2) is 5.82 Å². The van der Waals surface area contributed by atoms with E-state index in [0.29, 0.717) is 35.2 Å². The number of carbonyl (C=O) groups excluding carboxylic acids is 1. The smallest absolute Gasteiger partial charge is 0.322 e. The third-order valence-electron chi connectivity index (χ3n) is 6.61. The first kappa shape index (κ1) is 22.9. The van der Waals surface area contributed by atoms with Crippen molar-refractivity contribution >= 4 is 40.7 Å². The molecule has 34 heavy (non-hydrogen) atoms. The molecule has 2 amide bonds. The second kappa shape index (κ2) is 9.80. The second-order valence-corrected chi connectivity index (χ2v) is 9.88. The highest BCUT2D eigenvalue weighted by atomic mass is 35.5. The molecule has 0 atom stereocenters. The summed E-state index contributed by atoms with van der Waals surface area (Å²) in [6.45, 7) is 5.29. The molecular formula is C26H27Cl2N5O. The van der Waals surface area contributed by atoms with Crippen LogP contribution in [0.1, 0.15) is 31.0 Å². The number of anilines is 2. The van der Waals surface area contributed by atoms with E-state index in [1.54, 1.807) is 18.2 Å². The Morgan fingerprint density at radius 3 is 2.50 bits per heavy atom. The van der Waals surface area contributed by atoms with Crippen molar-refractivity contribution in [1.82, 2.24) is 14.9 Å². The summed E-state index contributed by atoms with van der Waals surface area (Å²) in [6.07, 6.45) is 2.96. The Labute approximate surface area is 209 Å². The zero-order valence-electron chi connectivity index (χ0n) is 19.1. The topological polar surface area (TPSA) is 61.4 Å². The SMILES string of the molecule is CC1CCN(c2nc(-c3ccccc3)nc3c2CN(C(=O)Nc2ccc(Cl)c(Cl)c2)CC3)CC1. The molecule has 3 aromatic rings. The van der Waals surface area contributed by atoms with Crippen molar-refractivity contribution in [3.05, 3.63) is 69.8 Å². The highest BCUT2D eigenvalue weighted by Crippen LogP contribution is 2.32. The van der Waals surface area contributed by atoms with Gasteiger partial charge in [0.25, 0.3) is 0 Å². The standard InChI is InChI=1S/C26H27Cl2N5O/c1-17-9-12-32(13-10-17)25-20-16-33(26(34)29-19-7-8-21(27)22(28)15-19)14-11-23(20)30-24(31-25)18-5-3-2-4-6-18/h2-8,15,17H,9-14,16H2,1H3,(H,29,34). The lowest BCUT2D eigenvalue weighted by Gasteiger charge is -2.36. The van der Waals surface area contributed by atoms with Crippen molar-refractivity contribution in [2.45, 2.75) is 32.7 Å². The van der Waals surface area contributed by atoms with Gasteiger partial charge in [-0.05, 0) is 37.0 Å². The quantitative estimate of drug-likeness (QED) is 0.464. The van der Waals surface area contributed by atoms with Crippen LogP contribution in [0.3, 0.4) is 0 Å². The lowest BCUT2D eigenvalue weighted by atomic mass is 9.98. The molecule has 176 valence electrons. The number of aromatic nitrogens is 2. The average molecular weight is 496 g/mol. The van der Waals surface area contributed by atoms with Crippen molar-refractivity contribution in [2.75, 3.05) is 29.9 Å². The number of hydrogen-bond acceptors (Lipinski definition) is 4. The molecule has 1 N–H and O–H groups in total. The summed E-state index contributed by atoms with van der Waals surface area (Å²) in [7, 11) is 0. The van der Waals surface area contributed by atoms with Crippen LogP contribution in [0.4, 0.5) is 16.3 Å². The van der Waals surface area contributed by atoms with E-state index in [1.165, 1.54) is 0 Å². The van der Waals surface area contributed by atoms with Crippen LogP contribution < -0.4 is 10.2 Å². The van der Waals surface area contributed by atoms with Gasteiger partial charge in [-0.3, -0.25) is 0 Å². The first-order valence-electron chi connectivity index (χ1n) is 11.7. The summed E-state index contributed by atoms with van der Waals surface area (Å²) in [5.41, 5.74) is 3.70. The zero-order valence-corrected chi connectivity index (χ0v) is 20.6. The summed E-state index contributed by atoms with van der Waals surface area (Å²) < 4.78 is 0. The molecule has 1 saturated heterocycles. The Kier molecular flexibility index (Phi) is 6.61. The van der Waals surface area contributed by atoms with Crippen molar-refractivity contribution < 1.29 is 4.79 Å². The number of fused-ring (bicyclic) bond motifs is 1. The minimum absolute atomic E-state index is 0.172. The van der Waals surface area contributed by atoms with Gasteiger partial charge in [-0.2, -0.15) is 0 Å². The van der Waals surface area contributed by atoms with Crippen LogP contribution >= 0.6 is 23.2 Å². The lowest BCUT2D eigenvalue weighted by Crippen LogP contribution is -2.41. The largest absolute Gasteiger partial charge is 0.356 e. The second-order valence-electron chi connectivity index (χ2n) is 9.06. The Bertz CT molecular complexity index is 1200. The van der Waals surface area contributed by atoms with Gasteiger partial charge in [-0.15, -0.1) is 0 Å². The monoisotopic (exact) mass is 495 g/mol. The van der Waals surface area contributed by atoms with E-state index in [1.807, 2.05) is 35.2 Å². The number of halogens is 2. The number of hydrogen-bond donors (Lipinski definition) is 1. The fourth-order valence-corrected chi connectivity index (χ4v) is 4.84. The van der Waals surface area contributed by atoms with Gasteiger partial charge in [-0.25, -0.2) is 14.8 Å². The molecule has 2 aliphatic rings. The number of rotatable bonds is 3. The summed E-state index contributed by atoms with van der Waals surface area (Å²) in [6, 6.07) is 15.0. The van der Waals surface area contributed by atoms with Gasteiger partial charge < -0.3 is 15.1 Å². The molecule has 0 aliphatic carbocycles. The van der Waals surface area contributed by atoms with Gasteiger partial charge in [0.05, 0.1) is 22.3 Å². The lowest BCUT2D eigenvalue weighted by molar-refractivity contribution is 0.206. The summed E-state index contributed by atoms with van der Waals surface area (Å²) in [5.74, 6) is 2.43. The van der Waals surface area contributed by atoms with Crippen LogP contribution in [0.15, 0.2) is 48.5 Å². The first-order valence-corrected chi connectivity index (χ1v) is 12.4. The fraction of sp³-hybridized carbons (Fsp3) is 0.346. The third-order valence-corrected chi connectivity index (χ3v) is 7.35. The van der Waals surface area contributed by atoms with E-state index < -0.39 is 0 Å². The first-order chi connectivity index (χ1) is 16.5. The zero-order chi connectivity index (χ0) is 23.7.